The predicted octanol–water partition coefficient (Wildman–Crippen LogP) is 2.25. The molecular formula is C19H13N3O4. The van der Waals surface area contributed by atoms with Crippen molar-refractivity contribution in [1.29, 1.82) is 0 Å². The zero-order valence-corrected chi connectivity index (χ0v) is 13.7. The topological polar surface area (TPSA) is 92.4 Å². The molecule has 26 heavy (non-hydrogen) atoms. The van der Waals surface area contributed by atoms with E-state index in [1.807, 2.05) is 0 Å². The summed E-state index contributed by atoms with van der Waals surface area (Å²) in [5.74, 6) is -0.472. The van der Waals surface area contributed by atoms with Crippen LogP contribution in [0.5, 0.6) is 5.75 Å². The minimum Gasteiger partial charge on any atom is -0.497 e. The summed E-state index contributed by atoms with van der Waals surface area (Å²) in [7, 11) is 1.54. The molecule has 2 aromatic carbocycles. The maximum Gasteiger partial charge on any atom is 0.346 e. The molecule has 1 aliphatic heterocycles. The second-order valence-electron chi connectivity index (χ2n) is 5.65. The molecule has 0 atom stereocenters. The first-order valence-electron chi connectivity index (χ1n) is 7.82. The van der Waals surface area contributed by atoms with Gasteiger partial charge in [-0.3, -0.25) is 9.59 Å². The molecule has 7 nitrogen and oxygen atoms in total. The van der Waals surface area contributed by atoms with Crippen LogP contribution in [0.4, 0.5) is 5.69 Å². The number of carbonyl (C=O) groups excluding carboxylic acids is 2. The molecule has 0 bridgehead atoms. The Morgan fingerprint density at radius 1 is 0.923 bits per heavy atom. The fourth-order valence-corrected chi connectivity index (χ4v) is 2.93. The first kappa shape index (κ1) is 15.8. The maximum atomic E-state index is 13.0. The van der Waals surface area contributed by atoms with E-state index in [0.717, 1.165) is 4.90 Å². The molecule has 7 heteroatoms. The number of ether oxygens (including phenoxy) is 1. The first-order valence-corrected chi connectivity index (χ1v) is 7.82. The van der Waals surface area contributed by atoms with Crippen molar-refractivity contribution in [2.75, 3.05) is 12.0 Å². The highest BCUT2D eigenvalue weighted by atomic mass is 16.5. The van der Waals surface area contributed by atoms with Gasteiger partial charge >= 0.3 is 5.69 Å². The van der Waals surface area contributed by atoms with Crippen LogP contribution in [0.2, 0.25) is 0 Å². The molecule has 0 unspecified atom stereocenters. The predicted molar refractivity (Wildman–Crippen MR) is 94.4 cm³/mol. The molecule has 2 heterocycles. The Morgan fingerprint density at radius 3 is 2.27 bits per heavy atom. The lowest BCUT2D eigenvalue weighted by molar-refractivity contribution is 0.0925. The summed E-state index contributed by atoms with van der Waals surface area (Å²) < 4.78 is 5.12. The molecule has 2 amide bonds. The van der Waals surface area contributed by atoms with E-state index in [2.05, 4.69) is 9.97 Å². The number of hydrogen-bond acceptors (Lipinski definition) is 5. The van der Waals surface area contributed by atoms with Crippen LogP contribution in [0.25, 0.3) is 11.3 Å². The van der Waals surface area contributed by atoms with E-state index < -0.39 is 17.5 Å². The number of rotatable bonds is 3. The SMILES string of the molecule is COc1ccc(-c2nc(=O)[nH]c3c2C(=O)N(c2ccccc2)C3=O)cc1. The fourth-order valence-electron chi connectivity index (χ4n) is 2.93. The first-order chi connectivity index (χ1) is 12.6. The summed E-state index contributed by atoms with van der Waals surface area (Å²) in [4.78, 5) is 45.0. The number of nitrogens with zero attached hydrogens (tertiary/aromatic N) is 2. The van der Waals surface area contributed by atoms with E-state index in [9.17, 15) is 14.4 Å². The van der Waals surface area contributed by atoms with Crippen LogP contribution in [0.1, 0.15) is 20.8 Å². The second-order valence-corrected chi connectivity index (χ2v) is 5.65. The van der Waals surface area contributed by atoms with Gasteiger partial charge in [-0.15, -0.1) is 0 Å². The highest BCUT2D eigenvalue weighted by molar-refractivity contribution is 6.35. The molecule has 0 spiro atoms. The third-order valence-electron chi connectivity index (χ3n) is 4.14. The molecule has 4 rings (SSSR count). The average molecular weight is 347 g/mol. The number of imide groups is 1. The third kappa shape index (κ3) is 2.37. The Labute approximate surface area is 147 Å². The summed E-state index contributed by atoms with van der Waals surface area (Å²) in [5.41, 5.74) is 0.492. The van der Waals surface area contributed by atoms with Crippen LogP contribution >= 0.6 is 0 Å². The van der Waals surface area contributed by atoms with Gasteiger partial charge in [0.2, 0.25) is 0 Å². The van der Waals surface area contributed by atoms with E-state index in [4.69, 9.17) is 4.74 Å². The standard InChI is InChI=1S/C19H13N3O4/c1-26-13-9-7-11(8-10-13)15-14-16(21-19(25)20-15)18(24)22(17(14)23)12-5-3-2-4-6-12/h2-10H,1H3,(H,20,21,25). The van der Waals surface area contributed by atoms with Crippen LogP contribution in [0, 0.1) is 0 Å². The van der Waals surface area contributed by atoms with E-state index >= 15 is 0 Å². The molecule has 1 N–H and O–H groups in total. The van der Waals surface area contributed by atoms with E-state index in [-0.39, 0.29) is 17.0 Å². The van der Waals surface area contributed by atoms with Gasteiger partial charge < -0.3 is 9.72 Å². The Morgan fingerprint density at radius 2 is 1.62 bits per heavy atom. The van der Waals surface area contributed by atoms with Gasteiger partial charge in [-0.05, 0) is 36.4 Å². The lowest BCUT2D eigenvalue weighted by Crippen LogP contribution is -2.29. The molecule has 0 aliphatic carbocycles. The number of H-pyrrole nitrogens is 1. The Hall–Kier alpha value is -3.74. The van der Waals surface area contributed by atoms with Crippen molar-refractivity contribution in [2.24, 2.45) is 0 Å². The molecule has 1 aliphatic rings. The average Bonchev–Trinajstić information content (AvgIpc) is 2.92. The number of aromatic nitrogens is 2. The molecule has 0 radical (unpaired) electrons. The van der Waals surface area contributed by atoms with Gasteiger partial charge in [0.25, 0.3) is 11.8 Å². The summed E-state index contributed by atoms with van der Waals surface area (Å²) in [5, 5.41) is 0. The van der Waals surface area contributed by atoms with Crippen LogP contribution in [0.3, 0.4) is 0 Å². The smallest absolute Gasteiger partial charge is 0.346 e. The summed E-state index contributed by atoms with van der Waals surface area (Å²) in [6, 6.07) is 15.3. The van der Waals surface area contributed by atoms with Gasteiger partial charge in [0.1, 0.15) is 11.4 Å². The number of amides is 2. The largest absolute Gasteiger partial charge is 0.497 e. The van der Waals surface area contributed by atoms with Crippen molar-refractivity contribution in [3.63, 3.8) is 0 Å². The molecular weight excluding hydrogens is 334 g/mol. The number of anilines is 1. The molecule has 0 fully saturated rings. The van der Waals surface area contributed by atoms with Crippen molar-refractivity contribution in [3.05, 3.63) is 76.3 Å². The zero-order chi connectivity index (χ0) is 18.3. The minimum atomic E-state index is -0.689. The summed E-state index contributed by atoms with van der Waals surface area (Å²) in [6.07, 6.45) is 0. The van der Waals surface area contributed by atoms with E-state index in [1.165, 1.54) is 7.11 Å². The number of carbonyl (C=O) groups is 2. The van der Waals surface area contributed by atoms with Crippen LogP contribution in [0.15, 0.2) is 59.4 Å². The number of hydrogen-bond donors (Lipinski definition) is 1. The molecule has 3 aromatic rings. The Bertz CT molecular complexity index is 1070. The highest BCUT2D eigenvalue weighted by Crippen LogP contribution is 2.32. The van der Waals surface area contributed by atoms with Crippen molar-refractivity contribution in [2.45, 2.75) is 0 Å². The quantitative estimate of drug-likeness (QED) is 0.734. The van der Waals surface area contributed by atoms with Gasteiger partial charge in [-0.1, -0.05) is 18.2 Å². The number of fused-ring (bicyclic) bond motifs is 1. The van der Waals surface area contributed by atoms with Gasteiger partial charge in [0.15, 0.2) is 0 Å². The number of aromatic amines is 1. The number of nitrogens with one attached hydrogen (secondary N) is 1. The summed E-state index contributed by atoms with van der Waals surface area (Å²) >= 11 is 0. The Kier molecular flexibility index (Phi) is 3.62. The monoisotopic (exact) mass is 347 g/mol. The van der Waals surface area contributed by atoms with Gasteiger partial charge in [0.05, 0.1) is 24.1 Å². The highest BCUT2D eigenvalue weighted by Gasteiger charge is 2.40. The van der Waals surface area contributed by atoms with Crippen LogP contribution in [-0.4, -0.2) is 28.9 Å². The Balaban J connectivity index is 1.89. The molecule has 128 valence electrons. The van der Waals surface area contributed by atoms with Gasteiger partial charge in [-0.2, -0.15) is 4.98 Å². The number of benzene rings is 2. The van der Waals surface area contributed by atoms with Crippen molar-refractivity contribution in [1.82, 2.24) is 9.97 Å². The lowest BCUT2D eigenvalue weighted by Gasteiger charge is -2.13. The van der Waals surface area contributed by atoms with E-state index in [0.29, 0.717) is 17.0 Å². The molecule has 0 saturated heterocycles. The van der Waals surface area contributed by atoms with Crippen molar-refractivity contribution in [3.8, 4) is 17.0 Å². The minimum absolute atomic E-state index is 0.0512. The third-order valence-corrected chi connectivity index (χ3v) is 4.14. The van der Waals surface area contributed by atoms with E-state index in [1.54, 1.807) is 54.6 Å². The number of para-hydroxylation sites is 1. The normalized spacial score (nSPS) is 13.0. The van der Waals surface area contributed by atoms with Crippen molar-refractivity contribution >= 4 is 17.5 Å². The van der Waals surface area contributed by atoms with Crippen LogP contribution in [-0.2, 0) is 0 Å². The van der Waals surface area contributed by atoms with Gasteiger partial charge in [0, 0.05) is 5.56 Å². The maximum absolute atomic E-state index is 13.0. The van der Waals surface area contributed by atoms with Gasteiger partial charge in [-0.25, -0.2) is 9.69 Å². The second kappa shape index (κ2) is 5.96. The number of methoxy groups -OCH3 is 1. The fraction of sp³-hybridized carbons (Fsp3) is 0.0526. The lowest BCUT2D eigenvalue weighted by atomic mass is 10.1. The van der Waals surface area contributed by atoms with Crippen LogP contribution < -0.4 is 15.3 Å². The molecule has 1 aromatic heterocycles. The van der Waals surface area contributed by atoms with Crippen molar-refractivity contribution < 1.29 is 14.3 Å². The molecule has 0 saturated carbocycles. The zero-order valence-electron chi connectivity index (χ0n) is 13.7. The summed E-state index contributed by atoms with van der Waals surface area (Å²) in [6.45, 7) is 0.